The summed E-state index contributed by atoms with van der Waals surface area (Å²) in [7, 11) is 0. The summed E-state index contributed by atoms with van der Waals surface area (Å²) in [4.78, 5) is 15.0. The van der Waals surface area contributed by atoms with Gasteiger partial charge in [0.25, 0.3) is 0 Å². The maximum Gasteiger partial charge on any atom is 0.433 e. The van der Waals surface area contributed by atoms with E-state index in [0.29, 0.717) is 6.54 Å². The van der Waals surface area contributed by atoms with Crippen LogP contribution in [-0.4, -0.2) is 42.2 Å². The highest BCUT2D eigenvalue weighted by Gasteiger charge is 2.22. The standard InChI is InChI=1S/C11H20N2O3/c1-11(2,3)16-10(15)13-6-8-4-5-12-7-9(8)14/h6,8-9,12,14H,4-5,7H2,1-3H3/b13-6+/t8?,9-/m0/s1. The lowest BCUT2D eigenvalue weighted by atomic mass is 9.97. The van der Waals surface area contributed by atoms with Gasteiger partial charge in [-0.15, -0.1) is 0 Å². The number of rotatable bonds is 1. The highest BCUT2D eigenvalue weighted by molar-refractivity contribution is 5.80. The highest BCUT2D eigenvalue weighted by atomic mass is 16.6. The molecule has 1 amide bonds. The number of β-amino-alcohol motifs (C(OH)–C–C–N with tert-alkyl or cyclic N) is 1. The number of hydrogen-bond donors (Lipinski definition) is 2. The molecule has 0 aliphatic carbocycles. The molecular formula is C11H20N2O3. The van der Waals surface area contributed by atoms with Gasteiger partial charge in [-0.3, -0.25) is 0 Å². The molecule has 5 nitrogen and oxygen atoms in total. The van der Waals surface area contributed by atoms with Gasteiger partial charge in [-0.05, 0) is 33.7 Å². The summed E-state index contributed by atoms with van der Waals surface area (Å²) in [5.74, 6) is -0.0613. The molecule has 2 N–H and O–H groups in total. The molecule has 0 aromatic heterocycles. The maximum atomic E-state index is 11.3. The first-order chi connectivity index (χ1) is 7.38. The Hall–Kier alpha value is -0.940. The van der Waals surface area contributed by atoms with Crippen LogP contribution in [0.4, 0.5) is 4.79 Å². The molecule has 2 atom stereocenters. The Morgan fingerprint density at radius 2 is 2.25 bits per heavy atom. The molecule has 0 spiro atoms. The Morgan fingerprint density at radius 1 is 1.56 bits per heavy atom. The van der Waals surface area contributed by atoms with Crippen molar-refractivity contribution in [1.29, 1.82) is 0 Å². The van der Waals surface area contributed by atoms with E-state index in [0.717, 1.165) is 13.0 Å². The summed E-state index contributed by atoms with van der Waals surface area (Å²) in [6.45, 7) is 6.76. The molecule has 1 fully saturated rings. The number of piperidine rings is 1. The first-order valence-electron chi connectivity index (χ1n) is 5.54. The van der Waals surface area contributed by atoms with Crippen LogP contribution in [0.5, 0.6) is 0 Å². The van der Waals surface area contributed by atoms with Gasteiger partial charge in [-0.2, -0.15) is 4.99 Å². The van der Waals surface area contributed by atoms with E-state index in [1.807, 2.05) is 0 Å². The van der Waals surface area contributed by atoms with Gasteiger partial charge in [0.2, 0.25) is 0 Å². The van der Waals surface area contributed by atoms with Gasteiger partial charge >= 0.3 is 6.09 Å². The molecule has 1 heterocycles. The zero-order valence-electron chi connectivity index (χ0n) is 10.1. The lowest BCUT2D eigenvalue weighted by molar-refractivity contribution is 0.0602. The minimum absolute atomic E-state index is 0.0613. The summed E-state index contributed by atoms with van der Waals surface area (Å²) in [6, 6.07) is 0. The number of aliphatic imine (C=N–C) groups is 1. The number of aliphatic hydroxyl groups is 1. The number of nitrogens with zero attached hydrogens (tertiary/aromatic N) is 1. The minimum atomic E-state index is -0.599. The molecule has 92 valence electrons. The van der Waals surface area contributed by atoms with E-state index in [2.05, 4.69) is 10.3 Å². The van der Waals surface area contributed by atoms with Crippen molar-refractivity contribution in [2.45, 2.75) is 38.9 Å². The van der Waals surface area contributed by atoms with E-state index in [4.69, 9.17) is 4.74 Å². The molecule has 1 unspecified atom stereocenters. The van der Waals surface area contributed by atoms with E-state index in [1.165, 1.54) is 6.21 Å². The van der Waals surface area contributed by atoms with Crippen LogP contribution in [0.25, 0.3) is 0 Å². The van der Waals surface area contributed by atoms with Gasteiger partial charge in [0.1, 0.15) is 5.60 Å². The molecule has 1 aliphatic heterocycles. The average molecular weight is 228 g/mol. The topological polar surface area (TPSA) is 70.9 Å². The monoisotopic (exact) mass is 228 g/mol. The van der Waals surface area contributed by atoms with Gasteiger partial charge in [0, 0.05) is 18.7 Å². The quantitative estimate of drug-likeness (QED) is 0.656. The number of ether oxygens (including phenoxy) is 1. The highest BCUT2D eigenvalue weighted by Crippen LogP contribution is 2.11. The molecule has 0 aromatic carbocycles. The van der Waals surface area contributed by atoms with Crippen molar-refractivity contribution in [1.82, 2.24) is 5.32 Å². The number of carbonyl (C=O) groups excluding carboxylic acids is 1. The number of nitrogens with one attached hydrogen (secondary N) is 1. The molecule has 1 rings (SSSR count). The third kappa shape index (κ3) is 4.72. The molecule has 0 bridgehead atoms. The second-order valence-electron chi connectivity index (χ2n) is 4.98. The summed E-state index contributed by atoms with van der Waals surface area (Å²) >= 11 is 0. The van der Waals surface area contributed by atoms with Crippen LogP contribution < -0.4 is 5.32 Å². The fourth-order valence-electron chi connectivity index (χ4n) is 1.48. The van der Waals surface area contributed by atoms with Gasteiger partial charge in [-0.1, -0.05) is 0 Å². The predicted octanol–water partition coefficient (Wildman–Crippen LogP) is 0.963. The Kier molecular flexibility index (Phi) is 4.44. The smallest absolute Gasteiger partial charge is 0.433 e. The van der Waals surface area contributed by atoms with Crippen LogP contribution in [0.2, 0.25) is 0 Å². The van der Waals surface area contributed by atoms with Crippen molar-refractivity contribution in [2.75, 3.05) is 13.1 Å². The Morgan fingerprint density at radius 3 is 2.81 bits per heavy atom. The second kappa shape index (κ2) is 5.41. The normalized spacial score (nSPS) is 27.0. The van der Waals surface area contributed by atoms with E-state index in [-0.39, 0.29) is 5.92 Å². The van der Waals surface area contributed by atoms with Gasteiger partial charge in [0.15, 0.2) is 0 Å². The molecule has 0 saturated carbocycles. The number of aliphatic hydroxyl groups excluding tert-OH is 1. The van der Waals surface area contributed by atoms with Crippen LogP contribution in [0, 0.1) is 5.92 Å². The lowest BCUT2D eigenvalue weighted by Crippen LogP contribution is -2.41. The SMILES string of the molecule is CC(C)(C)OC(=O)/N=C/C1CCNC[C@@H]1O. The molecule has 5 heteroatoms. The summed E-state index contributed by atoms with van der Waals surface area (Å²) in [5, 5.41) is 12.7. The molecule has 0 radical (unpaired) electrons. The summed E-state index contributed by atoms with van der Waals surface area (Å²) in [6.07, 6.45) is 1.21. The van der Waals surface area contributed by atoms with Crippen LogP contribution in [0.3, 0.4) is 0 Å². The molecule has 1 saturated heterocycles. The van der Waals surface area contributed by atoms with Crippen LogP contribution in [-0.2, 0) is 4.74 Å². The Labute approximate surface area is 95.9 Å². The van der Waals surface area contributed by atoms with Crippen molar-refractivity contribution >= 4 is 12.3 Å². The van der Waals surface area contributed by atoms with Gasteiger partial charge < -0.3 is 15.2 Å². The van der Waals surface area contributed by atoms with Crippen LogP contribution in [0.1, 0.15) is 27.2 Å². The summed E-state index contributed by atoms with van der Waals surface area (Å²) < 4.78 is 5.03. The Bertz CT molecular complexity index is 271. The third-order valence-corrected chi connectivity index (χ3v) is 2.27. The van der Waals surface area contributed by atoms with E-state index in [1.54, 1.807) is 20.8 Å². The molecule has 1 aliphatic rings. The number of amides is 1. The summed E-state index contributed by atoms with van der Waals surface area (Å²) in [5.41, 5.74) is -0.527. The molecule has 0 aromatic rings. The zero-order chi connectivity index (χ0) is 12.2. The van der Waals surface area contributed by atoms with Crippen molar-refractivity contribution in [3.05, 3.63) is 0 Å². The van der Waals surface area contributed by atoms with Crippen molar-refractivity contribution < 1.29 is 14.6 Å². The molecule has 16 heavy (non-hydrogen) atoms. The van der Waals surface area contributed by atoms with Crippen molar-refractivity contribution in [2.24, 2.45) is 10.9 Å². The van der Waals surface area contributed by atoms with Crippen LogP contribution in [0.15, 0.2) is 4.99 Å². The fraction of sp³-hybridized carbons (Fsp3) is 0.818. The first kappa shape index (κ1) is 13.1. The number of carbonyl (C=O) groups is 1. The van der Waals surface area contributed by atoms with E-state index < -0.39 is 17.8 Å². The van der Waals surface area contributed by atoms with Crippen molar-refractivity contribution in [3.63, 3.8) is 0 Å². The largest absolute Gasteiger partial charge is 0.442 e. The van der Waals surface area contributed by atoms with E-state index in [9.17, 15) is 9.90 Å². The number of hydrogen-bond acceptors (Lipinski definition) is 4. The average Bonchev–Trinajstić information content (AvgIpc) is 2.14. The zero-order valence-corrected chi connectivity index (χ0v) is 10.1. The minimum Gasteiger partial charge on any atom is -0.442 e. The Balaban J connectivity index is 2.43. The first-order valence-corrected chi connectivity index (χ1v) is 5.54. The second-order valence-corrected chi connectivity index (χ2v) is 4.98. The third-order valence-electron chi connectivity index (χ3n) is 2.27. The van der Waals surface area contributed by atoms with Gasteiger partial charge in [-0.25, -0.2) is 4.79 Å². The molecular weight excluding hydrogens is 208 g/mol. The van der Waals surface area contributed by atoms with Crippen molar-refractivity contribution in [3.8, 4) is 0 Å². The maximum absolute atomic E-state index is 11.3. The fourth-order valence-corrected chi connectivity index (χ4v) is 1.48. The van der Waals surface area contributed by atoms with E-state index >= 15 is 0 Å². The van der Waals surface area contributed by atoms with Gasteiger partial charge in [0.05, 0.1) is 6.10 Å². The predicted molar refractivity (Wildman–Crippen MR) is 61.7 cm³/mol. The lowest BCUT2D eigenvalue weighted by Gasteiger charge is -2.25. The van der Waals surface area contributed by atoms with Crippen LogP contribution >= 0.6 is 0 Å².